The monoisotopic (exact) mass is 191 g/mol. The van der Waals surface area contributed by atoms with Crippen LogP contribution in [0.1, 0.15) is 45.4 Å². The molecule has 0 spiro atoms. The third kappa shape index (κ3) is 2.48. The van der Waals surface area contributed by atoms with Crippen molar-refractivity contribution >= 4 is 0 Å². The Labute approximate surface area is 87.3 Å². The number of hydrogen-bond acceptors (Lipinski definition) is 1. The van der Waals surface area contributed by atoms with Crippen LogP contribution in [0.5, 0.6) is 0 Å². The van der Waals surface area contributed by atoms with E-state index in [0.717, 1.165) is 0 Å². The lowest BCUT2D eigenvalue weighted by Crippen LogP contribution is -2.34. The lowest BCUT2D eigenvalue weighted by atomic mass is 9.97. The largest absolute Gasteiger partial charge is 0.310 e. The van der Waals surface area contributed by atoms with Gasteiger partial charge in [0.05, 0.1) is 0 Å². The van der Waals surface area contributed by atoms with Crippen LogP contribution in [-0.4, -0.2) is 12.6 Å². The molecule has 0 aromatic carbocycles. The van der Waals surface area contributed by atoms with E-state index in [-0.39, 0.29) is 0 Å². The highest BCUT2D eigenvalue weighted by Gasteiger charge is 2.14. The normalized spacial score (nSPS) is 29.1. The van der Waals surface area contributed by atoms with Crippen molar-refractivity contribution in [2.45, 2.75) is 51.5 Å². The molecule has 2 rings (SSSR count). The molecule has 1 N–H and O–H groups in total. The molecule has 1 unspecified atom stereocenters. The summed E-state index contributed by atoms with van der Waals surface area (Å²) in [7, 11) is 0. The molecule has 1 saturated heterocycles. The summed E-state index contributed by atoms with van der Waals surface area (Å²) in [5.74, 6) is 0. The first kappa shape index (κ1) is 9.97. The number of piperidine rings is 1. The minimum Gasteiger partial charge on any atom is -0.310 e. The van der Waals surface area contributed by atoms with Gasteiger partial charge in [0.1, 0.15) is 0 Å². The zero-order chi connectivity index (χ0) is 9.80. The van der Waals surface area contributed by atoms with E-state index in [1.165, 1.54) is 50.6 Å². The van der Waals surface area contributed by atoms with Gasteiger partial charge in [0, 0.05) is 6.04 Å². The Morgan fingerprint density at radius 3 is 3.00 bits per heavy atom. The van der Waals surface area contributed by atoms with Crippen molar-refractivity contribution in [2.24, 2.45) is 0 Å². The van der Waals surface area contributed by atoms with Gasteiger partial charge in [0.2, 0.25) is 0 Å². The zero-order valence-electron chi connectivity index (χ0n) is 9.18. The first-order chi connectivity index (χ1) is 6.86. The van der Waals surface area contributed by atoms with E-state index in [0.29, 0.717) is 6.04 Å². The van der Waals surface area contributed by atoms with Gasteiger partial charge in [-0.15, -0.1) is 0 Å². The molecule has 2 aliphatic rings. The standard InChI is InChI=1S/C13H21N/c1-11(10-12-6-2-3-7-12)13-8-4-5-9-14-13/h6,10,13-14H,2-5,7-9H2,1H3/b11-10-. The van der Waals surface area contributed by atoms with E-state index < -0.39 is 0 Å². The van der Waals surface area contributed by atoms with Crippen molar-refractivity contribution in [3.63, 3.8) is 0 Å². The molecule has 1 aliphatic heterocycles. The minimum absolute atomic E-state index is 0.658. The molecule has 14 heavy (non-hydrogen) atoms. The van der Waals surface area contributed by atoms with Gasteiger partial charge in [-0.2, -0.15) is 0 Å². The lowest BCUT2D eigenvalue weighted by Gasteiger charge is -2.24. The van der Waals surface area contributed by atoms with Crippen LogP contribution < -0.4 is 5.32 Å². The Hall–Kier alpha value is -0.560. The Morgan fingerprint density at radius 2 is 2.36 bits per heavy atom. The summed E-state index contributed by atoms with van der Waals surface area (Å²) >= 11 is 0. The molecule has 0 amide bonds. The zero-order valence-corrected chi connectivity index (χ0v) is 9.18. The average Bonchev–Trinajstić information content (AvgIpc) is 2.72. The van der Waals surface area contributed by atoms with E-state index in [2.05, 4.69) is 24.4 Å². The average molecular weight is 191 g/mol. The number of nitrogens with one attached hydrogen (secondary N) is 1. The van der Waals surface area contributed by atoms with Crippen molar-refractivity contribution < 1.29 is 0 Å². The van der Waals surface area contributed by atoms with Crippen LogP contribution in [0.3, 0.4) is 0 Å². The van der Waals surface area contributed by atoms with Crippen molar-refractivity contribution in [1.29, 1.82) is 0 Å². The molecule has 78 valence electrons. The first-order valence-electron chi connectivity index (χ1n) is 5.97. The van der Waals surface area contributed by atoms with Crippen molar-refractivity contribution in [2.75, 3.05) is 6.54 Å². The summed E-state index contributed by atoms with van der Waals surface area (Å²) < 4.78 is 0. The second kappa shape index (κ2) is 4.79. The summed E-state index contributed by atoms with van der Waals surface area (Å²) in [5, 5.41) is 3.60. The molecule has 1 atom stereocenters. The predicted molar refractivity (Wildman–Crippen MR) is 61.3 cm³/mol. The Morgan fingerprint density at radius 1 is 1.43 bits per heavy atom. The van der Waals surface area contributed by atoms with Crippen LogP contribution in [0.4, 0.5) is 0 Å². The van der Waals surface area contributed by atoms with E-state index >= 15 is 0 Å². The molecule has 0 aromatic rings. The third-order valence-corrected chi connectivity index (χ3v) is 3.35. The van der Waals surface area contributed by atoms with Crippen LogP contribution in [0, 0.1) is 0 Å². The molecule has 1 heteroatoms. The van der Waals surface area contributed by atoms with Gasteiger partial charge in [-0.25, -0.2) is 0 Å². The molecule has 0 bridgehead atoms. The van der Waals surface area contributed by atoms with Gasteiger partial charge in [-0.3, -0.25) is 0 Å². The quantitative estimate of drug-likeness (QED) is 0.707. The summed E-state index contributed by atoms with van der Waals surface area (Å²) in [6.07, 6.45) is 12.8. The number of rotatable bonds is 2. The SMILES string of the molecule is C/C(=C/C1=CCCC1)C1CCCCN1. The summed E-state index contributed by atoms with van der Waals surface area (Å²) in [5.41, 5.74) is 3.10. The predicted octanol–water partition coefficient (Wildman–Crippen LogP) is 3.19. The van der Waals surface area contributed by atoms with Crippen LogP contribution in [-0.2, 0) is 0 Å². The molecular formula is C13H21N. The van der Waals surface area contributed by atoms with Gasteiger partial charge in [-0.1, -0.05) is 29.7 Å². The fraction of sp³-hybridized carbons (Fsp3) is 0.692. The Bertz CT molecular complexity index is 244. The molecule has 1 heterocycles. The summed E-state index contributed by atoms with van der Waals surface area (Å²) in [4.78, 5) is 0. The van der Waals surface area contributed by atoms with Crippen LogP contribution in [0.25, 0.3) is 0 Å². The highest BCUT2D eigenvalue weighted by molar-refractivity contribution is 5.27. The lowest BCUT2D eigenvalue weighted by molar-refractivity contribution is 0.440. The van der Waals surface area contributed by atoms with Gasteiger partial charge in [-0.05, 0) is 45.6 Å². The second-order valence-corrected chi connectivity index (χ2v) is 4.56. The molecule has 0 aromatic heterocycles. The van der Waals surface area contributed by atoms with Gasteiger partial charge in [0.25, 0.3) is 0 Å². The minimum atomic E-state index is 0.658. The van der Waals surface area contributed by atoms with Crippen molar-refractivity contribution in [3.8, 4) is 0 Å². The Kier molecular flexibility index (Phi) is 3.41. The maximum absolute atomic E-state index is 3.60. The summed E-state index contributed by atoms with van der Waals surface area (Å²) in [6, 6.07) is 0.658. The summed E-state index contributed by atoms with van der Waals surface area (Å²) in [6.45, 7) is 3.48. The van der Waals surface area contributed by atoms with Crippen molar-refractivity contribution in [1.82, 2.24) is 5.32 Å². The third-order valence-electron chi connectivity index (χ3n) is 3.35. The molecular weight excluding hydrogens is 170 g/mol. The maximum Gasteiger partial charge on any atom is 0.0279 e. The molecule has 1 fully saturated rings. The molecule has 0 radical (unpaired) electrons. The fourth-order valence-corrected chi connectivity index (χ4v) is 2.46. The van der Waals surface area contributed by atoms with Crippen LogP contribution in [0.2, 0.25) is 0 Å². The van der Waals surface area contributed by atoms with Gasteiger partial charge < -0.3 is 5.32 Å². The molecule has 0 saturated carbocycles. The smallest absolute Gasteiger partial charge is 0.0279 e. The van der Waals surface area contributed by atoms with E-state index in [4.69, 9.17) is 0 Å². The molecule has 1 aliphatic carbocycles. The van der Waals surface area contributed by atoms with Crippen LogP contribution in [0.15, 0.2) is 23.3 Å². The second-order valence-electron chi connectivity index (χ2n) is 4.56. The van der Waals surface area contributed by atoms with E-state index in [1.807, 2.05) is 0 Å². The van der Waals surface area contributed by atoms with Gasteiger partial charge in [0.15, 0.2) is 0 Å². The highest BCUT2D eigenvalue weighted by Crippen LogP contribution is 2.22. The van der Waals surface area contributed by atoms with E-state index in [9.17, 15) is 0 Å². The van der Waals surface area contributed by atoms with Crippen molar-refractivity contribution in [3.05, 3.63) is 23.3 Å². The maximum atomic E-state index is 3.60. The highest BCUT2D eigenvalue weighted by atomic mass is 14.9. The number of hydrogen-bond donors (Lipinski definition) is 1. The van der Waals surface area contributed by atoms with E-state index in [1.54, 1.807) is 5.57 Å². The molecule has 1 nitrogen and oxygen atoms in total. The number of allylic oxidation sites excluding steroid dienone is 3. The van der Waals surface area contributed by atoms with Gasteiger partial charge >= 0.3 is 0 Å². The van der Waals surface area contributed by atoms with Crippen LogP contribution >= 0.6 is 0 Å². The Balaban J connectivity index is 1.94. The fourth-order valence-electron chi connectivity index (χ4n) is 2.46. The first-order valence-corrected chi connectivity index (χ1v) is 5.97. The topological polar surface area (TPSA) is 12.0 Å².